The number of rotatable bonds is 4. The van der Waals surface area contributed by atoms with Crippen molar-refractivity contribution in [2.45, 2.75) is 58.7 Å². The first-order chi connectivity index (χ1) is 7.43. The minimum absolute atomic E-state index is 0.267. The minimum atomic E-state index is 0.267. The van der Waals surface area contributed by atoms with Gasteiger partial charge in [0.15, 0.2) is 0 Å². The van der Waals surface area contributed by atoms with Crippen LogP contribution in [0.15, 0.2) is 12.7 Å². The van der Waals surface area contributed by atoms with Gasteiger partial charge in [0.2, 0.25) is 0 Å². The average molecular weight is 224 g/mol. The number of nitrogens with zero attached hydrogens (tertiary/aromatic N) is 1. The molecule has 1 aliphatic heterocycles. The van der Waals surface area contributed by atoms with Crippen LogP contribution in [0.4, 0.5) is 0 Å². The highest BCUT2D eigenvalue weighted by Gasteiger charge is 2.37. The van der Waals surface area contributed by atoms with E-state index >= 15 is 0 Å². The summed E-state index contributed by atoms with van der Waals surface area (Å²) in [5.74, 6) is 0.691. The molecule has 0 saturated carbocycles. The first-order valence-corrected chi connectivity index (χ1v) is 6.57. The SMILES string of the molecule is C=CC(C)N1CC(C)(CC)NCC1C(C)C. The number of nitrogens with one attached hydrogen (secondary N) is 1. The van der Waals surface area contributed by atoms with Crippen LogP contribution in [0.25, 0.3) is 0 Å². The number of piperazine rings is 1. The molecule has 1 N–H and O–H groups in total. The molecule has 0 amide bonds. The molecule has 0 radical (unpaired) electrons. The molecule has 0 aromatic heterocycles. The van der Waals surface area contributed by atoms with Crippen molar-refractivity contribution in [3.63, 3.8) is 0 Å². The third-order valence-electron chi connectivity index (χ3n) is 4.11. The van der Waals surface area contributed by atoms with Gasteiger partial charge in [-0.3, -0.25) is 4.90 Å². The maximum Gasteiger partial charge on any atom is 0.0278 e. The molecule has 0 aliphatic carbocycles. The smallest absolute Gasteiger partial charge is 0.0278 e. The van der Waals surface area contributed by atoms with E-state index in [0.717, 1.165) is 13.1 Å². The van der Waals surface area contributed by atoms with Crippen molar-refractivity contribution in [3.05, 3.63) is 12.7 Å². The zero-order valence-corrected chi connectivity index (χ0v) is 11.6. The summed E-state index contributed by atoms with van der Waals surface area (Å²) in [6.45, 7) is 17.6. The summed E-state index contributed by atoms with van der Waals surface area (Å²) in [6, 6.07) is 1.10. The zero-order chi connectivity index (χ0) is 12.3. The highest BCUT2D eigenvalue weighted by atomic mass is 15.3. The first-order valence-electron chi connectivity index (χ1n) is 6.57. The predicted molar refractivity (Wildman–Crippen MR) is 71.7 cm³/mol. The highest BCUT2D eigenvalue weighted by Crippen LogP contribution is 2.24. The molecule has 0 bridgehead atoms. The van der Waals surface area contributed by atoms with Crippen LogP contribution < -0.4 is 5.32 Å². The second-order valence-corrected chi connectivity index (χ2v) is 5.76. The Morgan fingerprint density at radius 1 is 1.50 bits per heavy atom. The monoisotopic (exact) mass is 224 g/mol. The average Bonchev–Trinajstić information content (AvgIpc) is 2.27. The van der Waals surface area contributed by atoms with Gasteiger partial charge in [0.05, 0.1) is 0 Å². The van der Waals surface area contributed by atoms with Gasteiger partial charge in [-0.15, -0.1) is 6.58 Å². The van der Waals surface area contributed by atoms with E-state index in [1.54, 1.807) is 0 Å². The molecular weight excluding hydrogens is 196 g/mol. The molecule has 2 nitrogen and oxygen atoms in total. The molecule has 1 saturated heterocycles. The summed E-state index contributed by atoms with van der Waals surface area (Å²) in [5, 5.41) is 3.71. The lowest BCUT2D eigenvalue weighted by molar-refractivity contribution is 0.0443. The Morgan fingerprint density at radius 3 is 2.56 bits per heavy atom. The van der Waals surface area contributed by atoms with E-state index in [4.69, 9.17) is 0 Å². The van der Waals surface area contributed by atoms with E-state index < -0.39 is 0 Å². The molecule has 3 atom stereocenters. The van der Waals surface area contributed by atoms with Crippen LogP contribution in [0, 0.1) is 5.92 Å². The third kappa shape index (κ3) is 2.86. The molecule has 0 spiro atoms. The van der Waals surface area contributed by atoms with Gasteiger partial charge in [-0.1, -0.05) is 26.8 Å². The van der Waals surface area contributed by atoms with Crippen molar-refractivity contribution in [1.29, 1.82) is 0 Å². The van der Waals surface area contributed by atoms with Crippen LogP contribution in [0.5, 0.6) is 0 Å². The quantitative estimate of drug-likeness (QED) is 0.739. The van der Waals surface area contributed by atoms with Crippen LogP contribution in [-0.2, 0) is 0 Å². The van der Waals surface area contributed by atoms with E-state index in [1.807, 2.05) is 0 Å². The fraction of sp³-hybridized carbons (Fsp3) is 0.857. The number of hydrogen-bond donors (Lipinski definition) is 1. The van der Waals surface area contributed by atoms with Gasteiger partial charge in [-0.2, -0.15) is 0 Å². The van der Waals surface area contributed by atoms with Crippen molar-refractivity contribution < 1.29 is 0 Å². The molecule has 0 aromatic carbocycles. The normalized spacial score (nSPS) is 34.0. The van der Waals surface area contributed by atoms with Gasteiger partial charge in [0, 0.05) is 30.7 Å². The standard InChI is InChI=1S/C14H28N2/c1-7-12(5)16-10-14(6,8-2)15-9-13(16)11(3)4/h7,11-13,15H,1,8-10H2,2-6H3. The van der Waals surface area contributed by atoms with E-state index in [0.29, 0.717) is 18.0 Å². The van der Waals surface area contributed by atoms with Gasteiger partial charge in [0.25, 0.3) is 0 Å². The molecule has 2 heteroatoms. The van der Waals surface area contributed by atoms with Crippen LogP contribution in [0.3, 0.4) is 0 Å². The maximum absolute atomic E-state index is 3.94. The third-order valence-corrected chi connectivity index (χ3v) is 4.11. The molecule has 1 fully saturated rings. The van der Waals surface area contributed by atoms with E-state index in [-0.39, 0.29) is 5.54 Å². The zero-order valence-electron chi connectivity index (χ0n) is 11.6. The van der Waals surface area contributed by atoms with Gasteiger partial charge < -0.3 is 5.32 Å². The van der Waals surface area contributed by atoms with Crippen LogP contribution in [-0.4, -0.2) is 35.6 Å². The molecule has 0 aromatic rings. The Balaban J connectivity index is 2.81. The second kappa shape index (κ2) is 5.33. The largest absolute Gasteiger partial charge is 0.309 e. The van der Waals surface area contributed by atoms with Gasteiger partial charge in [-0.05, 0) is 26.2 Å². The van der Waals surface area contributed by atoms with Crippen molar-refractivity contribution in [1.82, 2.24) is 10.2 Å². The van der Waals surface area contributed by atoms with Crippen molar-refractivity contribution in [2.75, 3.05) is 13.1 Å². The second-order valence-electron chi connectivity index (χ2n) is 5.76. The Bertz CT molecular complexity index is 237. The lowest BCUT2D eigenvalue weighted by Gasteiger charge is -2.49. The maximum atomic E-state index is 3.94. The van der Waals surface area contributed by atoms with Crippen LogP contribution in [0.1, 0.15) is 41.0 Å². The Hall–Kier alpha value is -0.340. The lowest BCUT2D eigenvalue weighted by Crippen LogP contribution is -2.65. The van der Waals surface area contributed by atoms with Gasteiger partial charge in [0.1, 0.15) is 0 Å². The summed E-state index contributed by atoms with van der Waals surface area (Å²) in [4.78, 5) is 2.61. The molecule has 1 rings (SSSR count). The first kappa shape index (κ1) is 13.7. The Morgan fingerprint density at radius 2 is 2.12 bits per heavy atom. The van der Waals surface area contributed by atoms with Gasteiger partial charge >= 0.3 is 0 Å². The van der Waals surface area contributed by atoms with Crippen LogP contribution in [0.2, 0.25) is 0 Å². The lowest BCUT2D eigenvalue weighted by atomic mass is 9.89. The summed E-state index contributed by atoms with van der Waals surface area (Å²) in [7, 11) is 0. The molecular formula is C14H28N2. The highest BCUT2D eigenvalue weighted by molar-refractivity contribution is 5.00. The molecule has 3 unspecified atom stereocenters. The van der Waals surface area contributed by atoms with Crippen molar-refractivity contribution >= 4 is 0 Å². The van der Waals surface area contributed by atoms with E-state index in [9.17, 15) is 0 Å². The molecule has 1 aliphatic rings. The Kier molecular flexibility index (Phi) is 4.57. The van der Waals surface area contributed by atoms with Gasteiger partial charge in [-0.25, -0.2) is 0 Å². The Labute approximate surface area is 101 Å². The summed E-state index contributed by atoms with van der Waals surface area (Å²) < 4.78 is 0. The predicted octanol–water partition coefficient (Wildman–Crippen LogP) is 2.66. The summed E-state index contributed by atoms with van der Waals surface area (Å²) in [5.41, 5.74) is 0.267. The molecule has 1 heterocycles. The topological polar surface area (TPSA) is 15.3 Å². The molecule has 16 heavy (non-hydrogen) atoms. The van der Waals surface area contributed by atoms with E-state index in [1.165, 1.54) is 6.42 Å². The summed E-state index contributed by atoms with van der Waals surface area (Å²) in [6.07, 6.45) is 3.24. The fourth-order valence-corrected chi connectivity index (χ4v) is 2.48. The summed E-state index contributed by atoms with van der Waals surface area (Å²) >= 11 is 0. The molecule has 94 valence electrons. The minimum Gasteiger partial charge on any atom is -0.309 e. The van der Waals surface area contributed by atoms with Crippen LogP contribution >= 0.6 is 0 Å². The van der Waals surface area contributed by atoms with E-state index in [2.05, 4.69) is 57.5 Å². The van der Waals surface area contributed by atoms with Crippen molar-refractivity contribution in [3.8, 4) is 0 Å². The van der Waals surface area contributed by atoms with Crippen molar-refractivity contribution in [2.24, 2.45) is 5.92 Å². The fourth-order valence-electron chi connectivity index (χ4n) is 2.48. The number of hydrogen-bond acceptors (Lipinski definition) is 2.